The van der Waals surface area contributed by atoms with E-state index in [1.54, 1.807) is 0 Å². The van der Waals surface area contributed by atoms with Crippen LogP contribution in [0.1, 0.15) is 0 Å². The molecule has 3 N–H and O–H groups in total. The molecule has 1 rings (SSSR count). The Morgan fingerprint density at radius 3 is 2.21 bits per heavy atom. The summed E-state index contributed by atoms with van der Waals surface area (Å²) in [4.78, 5) is 0. The Bertz CT molecular complexity index is 273. The monoisotopic (exact) mass is 196 g/mol. The minimum atomic E-state index is -1.20. The van der Waals surface area contributed by atoms with Crippen molar-refractivity contribution in [3.05, 3.63) is 0 Å². The first-order valence-electron chi connectivity index (χ1n) is 4.20. The summed E-state index contributed by atoms with van der Waals surface area (Å²) < 4.78 is 5.13. The summed E-state index contributed by atoms with van der Waals surface area (Å²) in [6.07, 6.45) is 6.21. The van der Waals surface area contributed by atoms with E-state index in [0.29, 0.717) is 0 Å². The smallest absolute Gasteiger partial charge is 0.146 e. The molecule has 0 aliphatic carbocycles. The van der Waals surface area contributed by atoms with Gasteiger partial charge in [0, 0.05) is 0 Å². The van der Waals surface area contributed by atoms with E-state index >= 15 is 0 Å². The molecule has 5 atom stereocenters. The number of hydrogen-bond acceptors (Lipinski definition) is 4. The summed E-state index contributed by atoms with van der Waals surface area (Å²) in [5, 5.41) is 27.9. The fourth-order valence-corrected chi connectivity index (χ4v) is 1.47. The van der Waals surface area contributed by atoms with E-state index in [1.165, 1.54) is 0 Å². The van der Waals surface area contributed by atoms with Crippen LogP contribution in [-0.4, -0.2) is 46.3 Å². The first-order valence-corrected chi connectivity index (χ1v) is 4.20. The lowest BCUT2D eigenvalue weighted by molar-refractivity contribution is -0.177. The number of hydrogen-bond donors (Lipinski definition) is 3. The van der Waals surface area contributed by atoms with Gasteiger partial charge in [0.2, 0.25) is 0 Å². The van der Waals surface area contributed by atoms with Gasteiger partial charge in [-0.2, -0.15) is 0 Å². The molecule has 1 aliphatic rings. The standard InChI is InChI=1S/C10H12O4/c1-3-6-8(5-11)14-7(4-2)10(13)9(6)12/h1-2,6-13H,5H2/t6-,7+,8-,9+,10-/m1/s1. The van der Waals surface area contributed by atoms with Crippen molar-refractivity contribution in [2.75, 3.05) is 6.61 Å². The van der Waals surface area contributed by atoms with Gasteiger partial charge in [0.15, 0.2) is 0 Å². The highest BCUT2D eigenvalue weighted by Gasteiger charge is 2.42. The number of aliphatic hydroxyl groups is 3. The third kappa shape index (κ3) is 1.75. The fraction of sp³-hybridized carbons (Fsp3) is 0.600. The molecule has 4 nitrogen and oxygen atoms in total. The van der Waals surface area contributed by atoms with Crippen molar-refractivity contribution in [2.24, 2.45) is 5.92 Å². The van der Waals surface area contributed by atoms with Gasteiger partial charge >= 0.3 is 0 Å². The van der Waals surface area contributed by atoms with Crippen LogP contribution in [0, 0.1) is 30.6 Å². The second-order valence-electron chi connectivity index (χ2n) is 3.12. The van der Waals surface area contributed by atoms with Crippen LogP contribution >= 0.6 is 0 Å². The third-order valence-corrected chi connectivity index (χ3v) is 2.29. The highest BCUT2D eigenvalue weighted by atomic mass is 16.5. The highest BCUT2D eigenvalue weighted by Crippen LogP contribution is 2.25. The topological polar surface area (TPSA) is 69.9 Å². The predicted molar refractivity (Wildman–Crippen MR) is 48.9 cm³/mol. The maximum atomic E-state index is 9.56. The molecule has 0 aromatic carbocycles. The van der Waals surface area contributed by atoms with E-state index in [1.807, 2.05) is 0 Å². The fourth-order valence-electron chi connectivity index (χ4n) is 1.47. The lowest BCUT2D eigenvalue weighted by Gasteiger charge is -2.38. The average molecular weight is 196 g/mol. The van der Waals surface area contributed by atoms with Crippen LogP contribution in [0.25, 0.3) is 0 Å². The molecule has 1 fully saturated rings. The number of ether oxygens (including phenoxy) is 1. The maximum Gasteiger partial charge on any atom is 0.146 e. The third-order valence-electron chi connectivity index (χ3n) is 2.29. The van der Waals surface area contributed by atoms with Crippen LogP contribution in [0.4, 0.5) is 0 Å². The van der Waals surface area contributed by atoms with Crippen LogP contribution in [0.3, 0.4) is 0 Å². The molecule has 0 bridgehead atoms. The van der Waals surface area contributed by atoms with Gasteiger partial charge in [-0.1, -0.05) is 11.8 Å². The van der Waals surface area contributed by atoms with E-state index in [0.717, 1.165) is 0 Å². The van der Waals surface area contributed by atoms with Crippen molar-refractivity contribution in [1.29, 1.82) is 0 Å². The Hall–Kier alpha value is -1.04. The summed E-state index contributed by atoms with van der Waals surface area (Å²) in [5.41, 5.74) is 0. The summed E-state index contributed by atoms with van der Waals surface area (Å²) in [6.45, 7) is -0.336. The molecule has 0 saturated carbocycles. The van der Waals surface area contributed by atoms with E-state index < -0.39 is 30.3 Å². The zero-order valence-corrected chi connectivity index (χ0v) is 7.50. The molecule has 76 valence electrons. The first-order chi connectivity index (χ1) is 6.65. The minimum absolute atomic E-state index is 0.336. The molecule has 0 unspecified atom stereocenters. The predicted octanol–water partition coefficient (Wildman–Crippen LogP) is -1.65. The molecular weight excluding hydrogens is 184 g/mol. The van der Waals surface area contributed by atoms with Crippen LogP contribution in [0.15, 0.2) is 0 Å². The Morgan fingerprint density at radius 1 is 1.14 bits per heavy atom. The summed E-state index contributed by atoms with van der Waals surface area (Å²) in [7, 11) is 0. The van der Waals surface area contributed by atoms with E-state index in [2.05, 4.69) is 11.8 Å². The van der Waals surface area contributed by atoms with Gasteiger partial charge < -0.3 is 20.1 Å². The minimum Gasteiger partial charge on any atom is -0.394 e. The molecule has 14 heavy (non-hydrogen) atoms. The number of aliphatic hydroxyl groups excluding tert-OH is 3. The lowest BCUT2D eigenvalue weighted by atomic mass is 9.87. The van der Waals surface area contributed by atoms with Gasteiger partial charge in [-0.25, -0.2) is 0 Å². The maximum absolute atomic E-state index is 9.56. The number of rotatable bonds is 1. The molecule has 0 aromatic heterocycles. The van der Waals surface area contributed by atoms with Crippen molar-refractivity contribution >= 4 is 0 Å². The van der Waals surface area contributed by atoms with Crippen LogP contribution < -0.4 is 0 Å². The Balaban J connectivity index is 2.84. The van der Waals surface area contributed by atoms with Crippen molar-refractivity contribution in [2.45, 2.75) is 24.4 Å². The Kier molecular flexibility index (Phi) is 3.51. The molecule has 1 saturated heterocycles. The molecular formula is C10H12O4. The summed E-state index contributed by atoms with van der Waals surface area (Å²) >= 11 is 0. The molecule has 0 spiro atoms. The normalized spacial score (nSPS) is 42.5. The molecule has 4 heteroatoms. The van der Waals surface area contributed by atoms with Gasteiger partial charge in [0.05, 0.1) is 24.7 Å². The van der Waals surface area contributed by atoms with Gasteiger partial charge in [0.25, 0.3) is 0 Å². The molecule has 1 heterocycles. The van der Waals surface area contributed by atoms with E-state index in [-0.39, 0.29) is 6.61 Å². The van der Waals surface area contributed by atoms with Crippen molar-refractivity contribution in [1.82, 2.24) is 0 Å². The average Bonchev–Trinajstić information content (AvgIpc) is 2.21. The summed E-state index contributed by atoms with van der Waals surface area (Å²) in [5.74, 6) is 3.71. The zero-order chi connectivity index (χ0) is 10.7. The number of terminal acetylenes is 2. The molecule has 0 radical (unpaired) electrons. The van der Waals surface area contributed by atoms with Gasteiger partial charge in [-0.15, -0.1) is 12.8 Å². The van der Waals surface area contributed by atoms with Crippen LogP contribution in [-0.2, 0) is 4.74 Å². The van der Waals surface area contributed by atoms with Crippen molar-refractivity contribution < 1.29 is 20.1 Å². The van der Waals surface area contributed by atoms with Crippen LogP contribution in [0.2, 0.25) is 0 Å². The van der Waals surface area contributed by atoms with Gasteiger partial charge in [-0.3, -0.25) is 0 Å². The summed E-state index contributed by atoms with van der Waals surface area (Å²) in [6, 6.07) is 0. The quantitative estimate of drug-likeness (QED) is 0.439. The SMILES string of the molecule is C#C[C@H]1[C@H](O)[C@H](O)[C@H](C#C)O[C@@H]1CO. The second-order valence-corrected chi connectivity index (χ2v) is 3.12. The Labute approximate surface area is 82.5 Å². The molecule has 1 aliphatic heterocycles. The Morgan fingerprint density at radius 2 is 1.79 bits per heavy atom. The van der Waals surface area contributed by atoms with E-state index in [4.69, 9.17) is 22.7 Å². The zero-order valence-electron chi connectivity index (χ0n) is 7.50. The second kappa shape index (κ2) is 4.45. The largest absolute Gasteiger partial charge is 0.394 e. The van der Waals surface area contributed by atoms with E-state index in [9.17, 15) is 10.2 Å². The lowest BCUT2D eigenvalue weighted by Crippen LogP contribution is -2.54. The van der Waals surface area contributed by atoms with Gasteiger partial charge in [-0.05, 0) is 0 Å². The molecule has 0 aromatic rings. The van der Waals surface area contributed by atoms with Crippen molar-refractivity contribution in [3.63, 3.8) is 0 Å². The van der Waals surface area contributed by atoms with Crippen molar-refractivity contribution in [3.8, 4) is 24.7 Å². The first kappa shape index (κ1) is 11.0. The van der Waals surface area contributed by atoms with Crippen LogP contribution in [0.5, 0.6) is 0 Å². The highest BCUT2D eigenvalue weighted by molar-refractivity contribution is 5.12. The van der Waals surface area contributed by atoms with Gasteiger partial charge in [0.1, 0.15) is 12.2 Å². The molecule has 0 amide bonds.